The topological polar surface area (TPSA) is 46.6 Å². The highest BCUT2D eigenvalue weighted by Gasteiger charge is 2.23. The molecule has 0 unspecified atom stereocenters. The van der Waals surface area contributed by atoms with Crippen LogP contribution in [0.4, 0.5) is 0 Å². The maximum Gasteiger partial charge on any atom is 0.325 e. The van der Waals surface area contributed by atoms with E-state index >= 15 is 0 Å². The van der Waals surface area contributed by atoms with Crippen molar-refractivity contribution in [2.24, 2.45) is 0 Å². The summed E-state index contributed by atoms with van der Waals surface area (Å²) in [5, 5.41) is 2.31. The van der Waals surface area contributed by atoms with E-state index in [2.05, 4.69) is 0 Å². The van der Waals surface area contributed by atoms with Crippen molar-refractivity contribution in [1.29, 1.82) is 0 Å². The lowest BCUT2D eigenvalue weighted by Gasteiger charge is -2.20. The lowest BCUT2D eigenvalue weighted by atomic mass is 10.3. The average Bonchev–Trinajstić information content (AvgIpc) is 2.69. The quantitative estimate of drug-likeness (QED) is 0.759. The van der Waals surface area contributed by atoms with Crippen molar-refractivity contribution in [2.45, 2.75) is 27.2 Å². The summed E-state index contributed by atoms with van der Waals surface area (Å²) in [6, 6.07) is 0. The molecule has 0 spiro atoms. The fraction of sp³-hybridized carbons (Fsp3) is 0.538. The highest BCUT2D eigenvalue weighted by Crippen LogP contribution is 2.28. The van der Waals surface area contributed by atoms with Crippen LogP contribution < -0.4 is 0 Å². The van der Waals surface area contributed by atoms with E-state index in [1.165, 1.54) is 16.2 Å². The molecule has 0 radical (unpaired) electrons. The number of nitrogens with zero attached hydrogens (tertiary/aromatic N) is 1. The molecule has 0 atom stereocenters. The SMILES string of the molecule is CCCN(CC(=O)OCC)C(=O)c1scc(C)c1Cl. The van der Waals surface area contributed by atoms with E-state index in [0.717, 1.165) is 12.0 Å². The van der Waals surface area contributed by atoms with Crippen molar-refractivity contribution in [2.75, 3.05) is 19.7 Å². The molecule has 6 heteroatoms. The van der Waals surface area contributed by atoms with Crippen LogP contribution in [-0.4, -0.2) is 36.5 Å². The molecule has 0 saturated heterocycles. The van der Waals surface area contributed by atoms with E-state index in [1.807, 2.05) is 19.2 Å². The van der Waals surface area contributed by atoms with E-state index in [9.17, 15) is 9.59 Å². The van der Waals surface area contributed by atoms with Crippen molar-refractivity contribution in [3.8, 4) is 0 Å². The van der Waals surface area contributed by atoms with Gasteiger partial charge in [0, 0.05) is 6.54 Å². The Balaban J connectivity index is 2.83. The number of ether oxygens (including phenoxy) is 1. The van der Waals surface area contributed by atoms with Crippen molar-refractivity contribution in [3.05, 3.63) is 20.8 Å². The second-order valence-corrected chi connectivity index (χ2v) is 5.35. The van der Waals surface area contributed by atoms with Gasteiger partial charge in [0.2, 0.25) is 0 Å². The number of hydrogen-bond donors (Lipinski definition) is 0. The van der Waals surface area contributed by atoms with Gasteiger partial charge in [0.15, 0.2) is 0 Å². The molecular weight excluding hydrogens is 286 g/mol. The minimum atomic E-state index is -0.395. The molecule has 0 bridgehead atoms. The molecule has 19 heavy (non-hydrogen) atoms. The predicted octanol–water partition coefficient (Wildman–Crippen LogP) is 3.13. The van der Waals surface area contributed by atoms with Gasteiger partial charge in [-0.2, -0.15) is 0 Å². The van der Waals surface area contributed by atoms with Crippen LogP contribution in [0.3, 0.4) is 0 Å². The molecule has 1 aromatic heterocycles. The largest absolute Gasteiger partial charge is 0.465 e. The van der Waals surface area contributed by atoms with Crippen LogP contribution in [0.2, 0.25) is 5.02 Å². The van der Waals surface area contributed by atoms with E-state index in [0.29, 0.717) is 23.1 Å². The van der Waals surface area contributed by atoms with Gasteiger partial charge in [0.05, 0.1) is 11.6 Å². The minimum Gasteiger partial charge on any atom is -0.465 e. The Morgan fingerprint density at radius 1 is 1.42 bits per heavy atom. The van der Waals surface area contributed by atoms with Crippen LogP contribution in [0.5, 0.6) is 0 Å². The van der Waals surface area contributed by atoms with Crippen molar-refractivity contribution >= 4 is 34.8 Å². The molecule has 0 N–H and O–H groups in total. The van der Waals surface area contributed by atoms with Gasteiger partial charge in [-0.05, 0) is 31.2 Å². The van der Waals surface area contributed by atoms with Crippen LogP contribution in [0.1, 0.15) is 35.5 Å². The number of carbonyl (C=O) groups is 2. The standard InChI is InChI=1S/C13H18ClNO3S/c1-4-6-15(7-10(16)18-5-2)13(17)12-11(14)9(3)8-19-12/h8H,4-7H2,1-3H3. The smallest absolute Gasteiger partial charge is 0.325 e. The Bertz CT molecular complexity index is 459. The molecule has 1 amide bonds. The summed E-state index contributed by atoms with van der Waals surface area (Å²) in [5.74, 6) is -0.605. The van der Waals surface area contributed by atoms with Gasteiger partial charge in [0.25, 0.3) is 5.91 Å². The predicted molar refractivity (Wildman–Crippen MR) is 76.9 cm³/mol. The number of amides is 1. The third-order valence-electron chi connectivity index (χ3n) is 2.50. The van der Waals surface area contributed by atoms with Gasteiger partial charge in [-0.3, -0.25) is 9.59 Å². The zero-order chi connectivity index (χ0) is 14.4. The first-order valence-electron chi connectivity index (χ1n) is 6.19. The normalized spacial score (nSPS) is 10.3. The summed E-state index contributed by atoms with van der Waals surface area (Å²) in [6.45, 7) is 6.33. The second kappa shape index (κ2) is 7.50. The maximum absolute atomic E-state index is 12.4. The average molecular weight is 304 g/mol. The summed E-state index contributed by atoms with van der Waals surface area (Å²) < 4.78 is 4.88. The first-order chi connectivity index (χ1) is 9.01. The molecule has 0 aliphatic carbocycles. The van der Waals surface area contributed by atoms with Crippen LogP contribution in [0.25, 0.3) is 0 Å². The summed E-state index contributed by atoms with van der Waals surface area (Å²) in [5.41, 5.74) is 0.877. The summed E-state index contributed by atoms with van der Waals surface area (Å²) in [6.07, 6.45) is 0.771. The number of rotatable bonds is 6. The molecule has 0 fully saturated rings. The molecule has 0 aliphatic heterocycles. The summed E-state index contributed by atoms with van der Waals surface area (Å²) in [4.78, 5) is 25.8. The van der Waals surface area contributed by atoms with Gasteiger partial charge in [-0.15, -0.1) is 11.3 Å². The van der Waals surface area contributed by atoms with Crippen molar-refractivity contribution < 1.29 is 14.3 Å². The molecule has 0 aliphatic rings. The lowest BCUT2D eigenvalue weighted by Crippen LogP contribution is -2.36. The van der Waals surface area contributed by atoms with Crippen LogP contribution in [-0.2, 0) is 9.53 Å². The van der Waals surface area contributed by atoms with E-state index in [-0.39, 0.29) is 12.5 Å². The van der Waals surface area contributed by atoms with Crippen LogP contribution >= 0.6 is 22.9 Å². The Morgan fingerprint density at radius 3 is 2.58 bits per heavy atom. The third-order valence-corrected chi connectivity index (χ3v) is 4.18. The van der Waals surface area contributed by atoms with Crippen molar-refractivity contribution in [3.63, 3.8) is 0 Å². The molecule has 1 heterocycles. The molecule has 0 saturated carbocycles. The van der Waals surface area contributed by atoms with E-state index in [1.54, 1.807) is 6.92 Å². The highest BCUT2D eigenvalue weighted by atomic mass is 35.5. The zero-order valence-corrected chi connectivity index (χ0v) is 12.9. The third kappa shape index (κ3) is 4.21. The first-order valence-corrected chi connectivity index (χ1v) is 7.45. The van der Waals surface area contributed by atoms with Gasteiger partial charge in [-0.25, -0.2) is 0 Å². The zero-order valence-electron chi connectivity index (χ0n) is 11.4. The molecule has 1 aromatic rings. The number of hydrogen-bond acceptors (Lipinski definition) is 4. The van der Waals surface area contributed by atoms with E-state index < -0.39 is 5.97 Å². The van der Waals surface area contributed by atoms with E-state index in [4.69, 9.17) is 16.3 Å². The molecule has 1 rings (SSSR count). The van der Waals surface area contributed by atoms with Crippen LogP contribution in [0, 0.1) is 6.92 Å². The number of thiophene rings is 1. The molecule has 4 nitrogen and oxygen atoms in total. The molecule has 106 valence electrons. The summed E-state index contributed by atoms with van der Waals surface area (Å²) in [7, 11) is 0. The number of esters is 1. The number of aryl methyl sites for hydroxylation is 1. The Kier molecular flexibility index (Phi) is 6.31. The maximum atomic E-state index is 12.4. The van der Waals surface area contributed by atoms with Gasteiger partial charge in [-0.1, -0.05) is 18.5 Å². The fourth-order valence-electron chi connectivity index (χ4n) is 1.60. The fourth-order valence-corrected chi connectivity index (χ4v) is 2.84. The van der Waals surface area contributed by atoms with Gasteiger partial charge in [0.1, 0.15) is 11.4 Å². The number of halogens is 1. The van der Waals surface area contributed by atoms with Crippen LogP contribution in [0.15, 0.2) is 5.38 Å². The lowest BCUT2D eigenvalue weighted by molar-refractivity contribution is -0.143. The number of carbonyl (C=O) groups excluding carboxylic acids is 2. The van der Waals surface area contributed by atoms with Gasteiger partial charge >= 0.3 is 5.97 Å². The molecule has 0 aromatic carbocycles. The Morgan fingerprint density at radius 2 is 2.11 bits per heavy atom. The monoisotopic (exact) mass is 303 g/mol. The Labute approximate surface area is 122 Å². The molecular formula is C13H18ClNO3S. The van der Waals surface area contributed by atoms with Crippen molar-refractivity contribution in [1.82, 2.24) is 4.90 Å². The minimum absolute atomic E-state index is 0.0339. The van der Waals surface area contributed by atoms with Gasteiger partial charge < -0.3 is 9.64 Å². The Hall–Kier alpha value is -1.07. The highest BCUT2D eigenvalue weighted by molar-refractivity contribution is 7.13. The summed E-state index contributed by atoms with van der Waals surface area (Å²) >= 11 is 7.40. The first kappa shape index (κ1) is 16.0. The second-order valence-electron chi connectivity index (χ2n) is 4.09.